The van der Waals surface area contributed by atoms with Gasteiger partial charge >= 0.3 is 0 Å². The molecule has 0 aromatic rings. The maximum Gasteiger partial charge on any atom is 0.000780 e. The number of nitrogens with one attached hydrogen (secondary N) is 1. The van der Waals surface area contributed by atoms with Crippen molar-refractivity contribution >= 4 is 0 Å². The minimum absolute atomic E-state index is 0.680. The molecule has 1 rings (SSSR count). The summed E-state index contributed by atoms with van der Waals surface area (Å²) in [7, 11) is 0. The van der Waals surface area contributed by atoms with Crippen molar-refractivity contribution in [1.82, 2.24) is 5.32 Å². The summed E-state index contributed by atoms with van der Waals surface area (Å²) >= 11 is 0. The normalized spacial score (nSPS) is 18.3. The summed E-state index contributed by atoms with van der Waals surface area (Å²) in [6.07, 6.45) is 17.3. The lowest BCUT2D eigenvalue weighted by Crippen LogP contribution is -2.32. The molecule has 0 saturated heterocycles. The van der Waals surface area contributed by atoms with Crippen molar-refractivity contribution in [3.05, 3.63) is 0 Å². The van der Waals surface area contributed by atoms with Crippen molar-refractivity contribution < 1.29 is 0 Å². The average Bonchev–Trinajstić information content (AvgIpc) is 2.83. The van der Waals surface area contributed by atoms with Crippen LogP contribution in [0.3, 0.4) is 0 Å². The van der Waals surface area contributed by atoms with Gasteiger partial charge in [0.25, 0.3) is 0 Å². The Hall–Kier alpha value is -0.0400. The first-order valence-corrected chi connectivity index (χ1v) is 8.54. The lowest BCUT2D eigenvalue weighted by atomic mass is 9.80. The average molecular weight is 253 g/mol. The van der Waals surface area contributed by atoms with Crippen LogP contribution < -0.4 is 5.32 Å². The molecule has 1 heteroatoms. The summed E-state index contributed by atoms with van der Waals surface area (Å²) < 4.78 is 0. The Kier molecular flexibility index (Phi) is 8.75. The zero-order chi connectivity index (χ0) is 13.1. The Morgan fingerprint density at radius 2 is 1.50 bits per heavy atom. The summed E-state index contributed by atoms with van der Waals surface area (Å²) in [5, 5.41) is 3.68. The predicted molar refractivity (Wildman–Crippen MR) is 82.1 cm³/mol. The van der Waals surface area contributed by atoms with Crippen LogP contribution in [0.1, 0.15) is 90.9 Å². The van der Waals surface area contributed by atoms with Crippen LogP contribution in [-0.2, 0) is 0 Å². The molecule has 1 fully saturated rings. The summed E-state index contributed by atoms with van der Waals surface area (Å²) in [5.41, 5.74) is 0.680. The van der Waals surface area contributed by atoms with Gasteiger partial charge in [0.15, 0.2) is 0 Å². The van der Waals surface area contributed by atoms with Crippen LogP contribution in [0.25, 0.3) is 0 Å². The third kappa shape index (κ3) is 6.22. The SMILES string of the molecule is CCCCCCCCC1(CNCCC)CCCC1. The first-order chi connectivity index (χ1) is 8.83. The molecule has 108 valence electrons. The number of hydrogen-bond donors (Lipinski definition) is 1. The van der Waals surface area contributed by atoms with Gasteiger partial charge in [0.2, 0.25) is 0 Å². The molecule has 0 aromatic carbocycles. The van der Waals surface area contributed by atoms with Crippen LogP contribution in [0.15, 0.2) is 0 Å². The topological polar surface area (TPSA) is 12.0 Å². The zero-order valence-electron chi connectivity index (χ0n) is 12.9. The monoisotopic (exact) mass is 253 g/mol. The first kappa shape index (κ1) is 16.0. The third-order valence-corrected chi connectivity index (χ3v) is 4.65. The Labute approximate surface area is 115 Å². The minimum atomic E-state index is 0.680. The van der Waals surface area contributed by atoms with Crippen molar-refractivity contribution in [3.63, 3.8) is 0 Å². The molecule has 1 N–H and O–H groups in total. The van der Waals surface area contributed by atoms with Gasteiger partial charge in [0.05, 0.1) is 0 Å². The standard InChI is InChI=1S/C17H35N/c1-3-5-6-7-8-9-12-17(13-10-11-14-17)16-18-15-4-2/h18H,3-16H2,1-2H3. The van der Waals surface area contributed by atoms with E-state index in [1.807, 2.05) is 0 Å². The summed E-state index contributed by atoms with van der Waals surface area (Å²) in [4.78, 5) is 0. The van der Waals surface area contributed by atoms with Gasteiger partial charge < -0.3 is 5.32 Å². The molecular weight excluding hydrogens is 218 g/mol. The van der Waals surface area contributed by atoms with Crippen molar-refractivity contribution in [2.75, 3.05) is 13.1 Å². The Bertz CT molecular complexity index is 182. The van der Waals surface area contributed by atoms with Crippen LogP contribution in [0.2, 0.25) is 0 Å². The van der Waals surface area contributed by atoms with Gasteiger partial charge in [0.1, 0.15) is 0 Å². The molecule has 0 radical (unpaired) electrons. The minimum Gasteiger partial charge on any atom is -0.316 e. The van der Waals surface area contributed by atoms with E-state index in [9.17, 15) is 0 Å². The molecule has 0 atom stereocenters. The second-order valence-corrected chi connectivity index (χ2v) is 6.40. The number of hydrogen-bond acceptors (Lipinski definition) is 1. The molecular formula is C17H35N. The maximum absolute atomic E-state index is 3.68. The van der Waals surface area contributed by atoms with Crippen molar-refractivity contribution in [1.29, 1.82) is 0 Å². The van der Waals surface area contributed by atoms with Gasteiger partial charge in [-0.05, 0) is 37.6 Å². The molecule has 0 heterocycles. The van der Waals surface area contributed by atoms with Crippen LogP contribution in [0.4, 0.5) is 0 Å². The molecule has 1 aliphatic rings. The molecule has 0 spiro atoms. The third-order valence-electron chi connectivity index (χ3n) is 4.65. The molecule has 0 aromatic heterocycles. The molecule has 0 aliphatic heterocycles. The quantitative estimate of drug-likeness (QED) is 0.493. The maximum atomic E-state index is 3.68. The molecule has 0 amide bonds. The fraction of sp³-hybridized carbons (Fsp3) is 1.00. The smallest absolute Gasteiger partial charge is 0.000780 e. The summed E-state index contributed by atoms with van der Waals surface area (Å²) in [6, 6.07) is 0. The van der Waals surface area contributed by atoms with Gasteiger partial charge in [-0.15, -0.1) is 0 Å². The first-order valence-electron chi connectivity index (χ1n) is 8.54. The molecule has 18 heavy (non-hydrogen) atoms. The lowest BCUT2D eigenvalue weighted by Gasteiger charge is -2.29. The zero-order valence-corrected chi connectivity index (χ0v) is 12.9. The largest absolute Gasteiger partial charge is 0.316 e. The van der Waals surface area contributed by atoms with Gasteiger partial charge in [-0.2, -0.15) is 0 Å². The van der Waals surface area contributed by atoms with Crippen molar-refractivity contribution in [2.45, 2.75) is 90.9 Å². The van der Waals surface area contributed by atoms with Gasteiger partial charge in [-0.25, -0.2) is 0 Å². The number of rotatable bonds is 11. The molecule has 0 unspecified atom stereocenters. The van der Waals surface area contributed by atoms with E-state index in [1.54, 1.807) is 0 Å². The fourth-order valence-corrected chi connectivity index (χ4v) is 3.45. The van der Waals surface area contributed by atoms with Crippen LogP contribution in [0.5, 0.6) is 0 Å². The van der Waals surface area contributed by atoms with E-state index < -0.39 is 0 Å². The second kappa shape index (κ2) is 9.83. The Morgan fingerprint density at radius 3 is 2.17 bits per heavy atom. The highest BCUT2D eigenvalue weighted by molar-refractivity contribution is 4.86. The van der Waals surface area contributed by atoms with E-state index in [-0.39, 0.29) is 0 Å². The predicted octanol–water partition coefficient (Wildman–Crippen LogP) is 5.30. The van der Waals surface area contributed by atoms with E-state index in [4.69, 9.17) is 0 Å². The van der Waals surface area contributed by atoms with E-state index in [2.05, 4.69) is 19.2 Å². The molecule has 1 nitrogen and oxygen atoms in total. The Balaban J connectivity index is 2.13. The van der Waals surface area contributed by atoms with Gasteiger partial charge in [0, 0.05) is 6.54 Å². The summed E-state index contributed by atoms with van der Waals surface area (Å²) in [5.74, 6) is 0. The van der Waals surface area contributed by atoms with E-state index in [1.165, 1.54) is 90.1 Å². The number of unbranched alkanes of at least 4 members (excludes halogenated alkanes) is 5. The fourth-order valence-electron chi connectivity index (χ4n) is 3.45. The van der Waals surface area contributed by atoms with Crippen LogP contribution >= 0.6 is 0 Å². The highest BCUT2D eigenvalue weighted by Crippen LogP contribution is 2.41. The van der Waals surface area contributed by atoms with Crippen molar-refractivity contribution in [3.8, 4) is 0 Å². The van der Waals surface area contributed by atoms with Gasteiger partial charge in [-0.3, -0.25) is 0 Å². The van der Waals surface area contributed by atoms with Gasteiger partial charge in [-0.1, -0.05) is 65.2 Å². The molecule has 0 bridgehead atoms. The van der Waals surface area contributed by atoms with E-state index >= 15 is 0 Å². The van der Waals surface area contributed by atoms with Crippen LogP contribution in [0, 0.1) is 5.41 Å². The highest BCUT2D eigenvalue weighted by Gasteiger charge is 2.32. The Morgan fingerprint density at radius 1 is 0.833 bits per heavy atom. The second-order valence-electron chi connectivity index (χ2n) is 6.40. The van der Waals surface area contributed by atoms with Crippen molar-refractivity contribution in [2.24, 2.45) is 5.41 Å². The van der Waals surface area contributed by atoms with E-state index in [0.717, 1.165) is 0 Å². The molecule has 1 saturated carbocycles. The summed E-state index contributed by atoms with van der Waals surface area (Å²) in [6.45, 7) is 7.06. The highest BCUT2D eigenvalue weighted by atomic mass is 14.9. The lowest BCUT2D eigenvalue weighted by molar-refractivity contribution is 0.248. The molecule has 1 aliphatic carbocycles. The van der Waals surface area contributed by atoms with E-state index in [0.29, 0.717) is 5.41 Å². The van der Waals surface area contributed by atoms with Crippen LogP contribution in [-0.4, -0.2) is 13.1 Å².